The van der Waals surface area contributed by atoms with E-state index in [1.165, 1.54) is 12.1 Å². The van der Waals surface area contributed by atoms with Crippen molar-refractivity contribution in [3.05, 3.63) is 65.5 Å². The zero-order valence-electron chi connectivity index (χ0n) is 10.2. The topological polar surface area (TPSA) is 56.0 Å². The van der Waals surface area contributed by atoms with Crippen LogP contribution in [0.5, 0.6) is 5.75 Å². The number of rotatable bonds is 4. The number of halogens is 1. The summed E-state index contributed by atoms with van der Waals surface area (Å²) in [5, 5.41) is 21.4. The molecule has 3 nitrogen and oxygen atoms in total. The van der Waals surface area contributed by atoms with E-state index in [0.29, 0.717) is 6.54 Å². The van der Waals surface area contributed by atoms with Crippen molar-refractivity contribution in [1.29, 1.82) is 5.26 Å². The molecule has 0 radical (unpaired) electrons. The summed E-state index contributed by atoms with van der Waals surface area (Å²) in [4.78, 5) is 0. The Morgan fingerprint density at radius 1 is 1.11 bits per heavy atom. The second-order valence-electron chi connectivity index (χ2n) is 4.16. The fourth-order valence-corrected chi connectivity index (χ4v) is 1.73. The Balaban J connectivity index is 2.02. The van der Waals surface area contributed by atoms with E-state index in [0.717, 1.165) is 11.1 Å². The minimum Gasteiger partial charge on any atom is -0.508 e. The van der Waals surface area contributed by atoms with Gasteiger partial charge in [-0.2, -0.15) is 5.26 Å². The first-order valence-electron chi connectivity index (χ1n) is 5.85. The summed E-state index contributed by atoms with van der Waals surface area (Å²) < 4.78 is 12.8. The van der Waals surface area contributed by atoms with Crippen molar-refractivity contribution in [2.75, 3.05) is 0 Å². The van der Waals surface area contributed by atoms with Gasteiger partial charge in [0.2, 0.25) is 0 Å². The number of hydrogen-bond donors (Lipinski definition) is 2. The smallest absolute Gasteiger partial charge is 0.123 e. The molecule has 4 heteroatoms. The molecule has 0 amide bonds. The molecule has 0 aliphatic rings. The molecule has 96 valence electrons. The van der Waals surface area contributed by atoms with Gasteiger partial charge in [-0.25, -0.2) is 4.39 Å². The number of phenolic OH excluding ortho intramolecular Hbond substituents is 1. The first-order chi connectivity index (χ1) is 9.19. The molecule has 0 aromatic heterocycles. The van der Waals surface area contributed by atoms with Crippen LogP contribution in [0.25, 0.3) is 0 Å². The normalized spacial score (nSPS) is 11.8. The first kappa shape index (κ1) is 13.1. The molecule has 2 rings (SSSR count). The zero-order chi connectivity index (χ0) is 13.7. The lowest BCUT2D eigenvalue weighted by molar-refractivity contribution is 0.474. The Bertz CT molecular complexity index is 573. The Hall–Kier alpha value is -2.38. The van der Waals surface area contributed by atoms with Gasteiger partial charge in [0.1, 0.15) is 17.6 Å². The quantitative estimate of drug-likeness (QED) is 0.884. The van der Waals surface area contributed by atoms with Gasteiger partial charge in [-0.05, 0) is 35.4 Å². The van der Waals surface area contributed by atoms with Gasteiger partial charge in [0.15, 0.2) is 0 Å². The molecule has 0 spiro atoms. The largest absolute Gasteiger partial charge is 0.508 e. The molecule has 0 aliphatic heterocycles. The third-order valence-corrected chi connectivity index (χ3v) is 2.78. The van der Waals surface area contributed by atoms with E-state index >= 15 is 0 Å². The fraction of sp³-hybridized carbons (Fsp3) is 0.133. The number of nitriles is 1. The van der Waals surface area contributed by atoms with Crippen molar-refractivity contribution in [2.24, 2.45) is 0 Å². The van der Waals surface area contributed by atoms with E-state index in [-0.39, 0.29) is 11.6 Å². The average Bonchev–Trinajstić information content (AvgIpc) is 2.43. The van der Waals surface area contributed by atoms with Gasteiger partial charge in [0, 0.05) is 6.54 Å². The summed E-state index contributed by atoms with van der Waals surface area (Å²) >= 11 is 0. The Labute approximate surface area is 110 Å². The van der Waals surface area contributed by atoms with Crippen LogP contribution in [0, 0.1) is 17.1 Å². The van der Waals surface area contributed by atoms with Crippen molar-refractivity contribution in [3.63, 3.8) is 0 Å². The SMILES string of the molecule is N#CC(NCc1ccc(F)cc1)c1ccc(O)cc1. The number of aromatic hydroxyl groups is 1. The lowest BCUT2D eigenvalue weighted by Crippen LogP contribution is -2.19. The molecule has 0 bridgehead atoms. The minimum atomic E-state index is -0.467. The monoisotopic (exact) mass is 256 g/mol. The van der Waals surface area contributed by atoms with Crippen molar-refractivity contribution < 1.29 is 9.50 Å². The van der Waals surface area contributed by atoms with Gasteiger partial charge >= 0.3 is 0 Å². The highest BCUT2D eigenvalue weighted by molar-refractivity contribution is 5.30. The molecular formula is C15H13FN2O. The van der Waals surface area contributed by atoms with Crippen LogP contribution in [0.3, 0.4) is 0 Å². The minimum absolute atomic E-state index is 0.166. The molecule has 2 aromatic carbocycles. The van der Waals surface area contributed by atoms with Gasteiger partial charge in [0.25, 0.3) is 0 Å². The summed E-state index contributed by atoms with van der Waals surface area (Å²) in [6, 6.07) is 14.3. The summed E-state index contributed by atoms with van der Waals surface area (Å²) in [6.45, 7) is 0.472. The standard InChI is InChI=1S/C15H13FN2O/c16-13-5-1-11(2-6-13)10-18-15(9-17)12-3-7-14(19)8-4-12/h1-8,15,18-19H,10H2. The molecule has 0 heterocycles. The number of nitrogens with zero attached hydrogens (tertiary/aromatic N) is 1. The van der Waals surface area contributed by atoms with E-state index in [9.17, 15) is 9.50 Å². The van der Waals surface area contributed by atoms with E-state index in [2.05, 4.69) is 11.4 Å². The van der Waals surface area contributed by atoms with Crippen molar-refractivity contribution in [2.45, 2.75) is 12.6 Å². The van der Waals surface area contributed by atoms with Gasteiger partial charge in [-0.3, -0.25) is 5.32 Å². The molecule has 0 saturated heterocycles. The molecule has 0 aliphatic carbocycles. The third-order valence-electron chi connectivity index (χ3n) is 2.78. The van der Waals surface area contributed by atoms with Gasteiger partial charge in [-0.1, -0.05) is 24.3 Å². The van der Waals surface area contributed by atoms with E-state index in [1.807, 2.05) is 0 Å². The molecule has 2 N–H and O–H groups in total. The number of benzene rings is 2. The van der Waals surface area contributed by atoms with Gasteiger partial charge < -0.3 is 5.11 Å². The maximum atomic E-state index is 12.8. The van der Waals surface area contributed by atoms with Crippen LogP contribution in [0.15, 0.2) is 48.5 Å². The number of hydrogen-bond acceptors (Lipinski definition) is 3. The molecule has 0 saturated carbocycles. The second-order valence-corrected chi connectivity index (χ2v) is 4.16. The Morgan fingerprint density at radius 2 is 1.74 bits per heavy atom. The maximum Gasteiger partial charge on any atom is 0.123 e. The molecule has 1 unspecified atom stereocenters. The summed E-state index contributed by atoms with van der Waals surface area (Å²) in [7, 11) is 0. The second kappa shape index (κ2) is 5.98. The zero-order valence-corrected chi connectivity index (χ0v) is 10.2. The number of nitrogens with one attached hydrogen (secondary N) is 1. The highest BCUT2D eigenvalue weighted by Gasteiger charge is 2.09. The summed E-state index contributed by atoms with van der Waals surface area (Å²) in [5.41, 5.74) is 1.68. The van der Waals surface area contributed by atoms with Crippen LogP contribution in [-0.4, -0.2) is 5.11 Å². The Morgan fingerprint density at radius 3 is 2.32 bits per heavy atom. The molecule has 19 heavy (non-hydrogen) atoms. The molecule has 0 fully saturated rings. The summed E-state index contributed by atoms with van der Waals surface area (Å²) in [5.74, 6) is -0.113. The predicted octanol–water partition coefficient (Wildman–Crippen LogP) is 2.89. The van der Waals surface area contributed by atoms with E-state index in [4.69, 9.17) is 5.26 Å². The number of phenols is 1. The first-order valence-corrected chi connectivity index (χ1v) is 5.85. The average molecular weight is 256 g/mol. The van der Waals surface area contributed by atoms with Crippen LogP contribution in [0.1, 0.15) is 17.2 Å². The fourth-order valence-electron chi connectivity index (χ4n) is 1.73. The van der Waals surface area contributed by atoms with Crippen LogP contribution < -0.4 is 5.32 Å². The summed E-state index contributed by atoms with van der Waals surface area (Å²) in [6.07, 6.45) is 0. The van der Waals surface area contributed by atoms with Crippen LogP contribution >= 0.6 is 0 Å². The molecule has 1 atom stereocenters. The maximum absolute atomic E-state index is 12.8. The van der Waals surface area contributed by atoms with Crippen molar-refractivity contribution in [3.8, 4) is 11.8 Å². The predicted molar refractivity (Wildman–Crippen MR) is 69.7 cm³/mol. The van der Waals surface area contributed by atoms with Crippen molar-refractivity contribution in [1.82, 2.24) is 5.32 Å². The van der Waals surface area contributed by atoms with E-state index < -0.39 is 6.04 Å². The Kier molecular flexibility index (Phi) is 4.11. The highest BCUT2D eigenvalue weighted by atomic mass is 19.1. The van der Waals surface area contributed by atoms with Crippen LogP contribution in [-0.2, 0) is 6.54 Å². The molecular weight excluding hydrogens is 243 g/mol. The van der Waals surface area contributed by atoms with Gasteiger partial charge in [-0.15, -0.1) is 0 Å². The lowest BCUT2D eigenvalue weighted by atomic mass is 10.1. The molecule has 2 aromatic rings. The lowest BCUT2D eigenvalue weighted by Gasteiger charge is -2.12. The van der Waals surface area contributed by atoms with Crippen molar-refractivity contribution >= 4 is 0 Å². The van der Waals surface area contributed by atoms with Gasteiger partial charge in [0.05, 0.1) is 6.07 Å². The van der Waals surface area contributed by atoms with Crippen LogP contribution in [0.2, 0.25) is 0 Å². The van der Waals surface area contributed by atoms with Crippen LogP contribution in [0.4, 0.5) is 4.39 Å². The van der Waals surface area contributed by atoms with E-state index in [1.54, 1.807) is 36.4 Å². The third kappa shape index (κ3) is 3.54. The highest BCUT2D eigenvalue weighted by Crippen LogP contribution is 2.17.